The average molecular weight is 220 g/mol. The van der Waals surface area contributed by atoms with E-state index < -0.39 is 0 Å². The molecule has 4 nitrogen and oxygen atoms in total. The molecule has 0 unspecified atom stereocenters. The molecule has 1 aliphatic carbocycles. The average Bonchev–Trinajstić information content (AvgIpc) is 2.34. The first-order valence-corrected chi connectivity index (χ1v) is 5.70. The summed E-state index contributed by atoms with van der Waals surface area (Å²) in [4.78, 5) is 16.8. The third-order valence-corrected chi connectivity index (χ3v) is 3.09. The molecule has 0 aromatic carbocycles. The van der Waals surface area contributed by atoms with Gasteiger partial charge in [0.1, 0.15) is 0 Å². The molecular formula is C12H16N2O2. The number of pyridine rings is 1. The van der Waals surface area contributed by atoms with Crippen LogP contribution in [0.25, 0.3) is 0 Å². The van der Waals surface area contributed by atoms with Crippen LogP contribution in [0.1, 0.15) is 32.1 Å². The van der Waals surface area contributed by atoms with Crippen molar-refractivity contribution in [1.29, 1.82) is 0 Å². The summed E-state index contributed by atoms with van der Waals surface area (Å²) < 4.78 is 0. The van der Waals surface area contributed by atoms with Gasteiger partial charge in [0.15, 0.2) is 11.6 Å². The van der Waals surface area contributed by atoms with Crippen molar-refractivity contribution in [3.8, 4) is 5.75 Å². The Kier molecular flexibility index (Phi) is 3.39. The van der Waals surface area contributed by atoms with Crippen LogP contribution in [0.2, 0.25) is 0 Å². The number of rotatable bonds is 3. The van der Waals surface area contributed by atoms with Gasteiger partial charge in [-0.3, -0.25) is 9.69 Å². The maximum atomic E-state index is 11.1. The number of nitrogens with zero attached hydrogens (tertiary/aromatic N) is 2. The number of carbonyl (C=O) groups is 1. The van der Waals surface area contributed by atoms with E-state index in [2.05, 4.69) is 4.98 Å². The number of hydrogen-bond donors (Lipinski definition) is 1. The van der Waals surface area contributed by atoms with Crippen LogP contribution in [0.3, 0.4) is 0 Å². The normalized spacial score (nSPS) is 17.0. The van der Waals surface area contributed by atoms with Crippen molar-refractivity contribution in [3.63, 3.8) is 0 Å². The summed E-state index contributed by atoms with van der Waals surface area (Å²) in [5.74, 6) is 0.449. The molecule has 1 aromatic heterocycles. The first-order valence-electron chi connectivity index (χ1n) is 5.70. The Morgan fingerprint density at radius 3 is 2.75 bits per heavy atom. The summed E-state index contributed by atoms with van der Waals surface area (Å²) in [6.07, 6.45) is 7.87. The lowest BCUT2D eigenvalue weighted by Crippen LogP contribution is -2.36. The van der Waals surface area contributed by atoms with Crippen LogP contribution in [0, 0.1) is 0 Å². The third-order valence-electron chi connectivity index (χ3n) is 3.09. The van der Waals surface area contributed by atoms with Crippen LogP contribution in [-0.4, -0.2) is 22.5 Å². The molecule has 86 valence electrons. The lowest BCUT2D eigenvalue weighted by atomic mass is 9.94. The van der Waals surface area contributed by atoms with Gasteiger partial charge < -0.3 is 5.11 Å². The van der Waals surface area contributed by atoms with Crippen LogP contribution in [0.4, 0.5) is 5.82 Å². The Morgan fingerprint density at radius 1 is 1.38 bits per heavy atom. The second-order valence-corrected chi connectivity index (χ2v) is 4.15. The number of aromatic hydroxyl groups is 1. The summed E-state index contributed by atoms with van der Waals surface area (Å²) in [5.41, 5.74) is 0. The summed E-state index contributed by atoms with van der Waals surface area (Å²) in [7, 11) is 0. The molecule has 1 fully saturated rings. The minimum absolute atomic E-state index is 0.0696. The zero-order valence-corrected chi connectivity index (χ0v) is 9.17. The van der Waals surface area contributed by atoms with Crippen molar-refractivity contribution in [2.24, 2.45) is 0 Å². The van der Waals surface area contributed by atoms with E-state index in [1.54, 1.807) is 23.2 Å². The van der Waals surface area contributed by atoms with E-state index in [1.807, 2.05) is 0 Å². The van der Waals surface area contributed by atoms with E-state index in [9.17, 15) is 9.90 Å². The van der Waals surface area contributed by atoms with Gasteiger partial charge in [0, 0.05) is 12.2 Å². The van der Waals surface area contributed by atoms with Crippen molar-refractivity contribution >= 4 is 12.2 Å². The predicted molar refractivity (Wildman–Crippen MR) is 61.3 cm³/mol. The first-order chi connectivity index (χ1) is 7.83. The van der Waals surface area contributed by atoms with E-state index in [-0.39, 0.29) is 11.8 Å². The lowest BCUT2D eigenvalue weighted by molar-refractivity contribution is -0.108. The molecule has 1 saturated carbocycles. The molecule has 0 radical (unpaired) electrons. The quantitative estimate of drug-likeness (QED) is 0.793. The van der Waals surface area contributed by atoms with Crippen molar-refractivity contribution in [3.05, 3.63) is 18.3 Å². The molecule has 0 bridgehead atoms. The molecule has 4 heteroatoms. The zero-order chi connectivity index (χ0) is 11.4. The lowest BCUT2D eigenvalue weighted by Gasteiger charge is -2.30. The molecule has 1 aliphatic rings. The largest absolute Gasteiger partial charge is 0.504 e. The van der Waals surface area contributed by atoms with Crippen molar-refractivity contribution < 1.29 is 9.90 Å². The fourth-order valence-electron chi connectivity index (χ4n) is 2.26. The van der Waals surface area contributed by atoms with E-state index in [0.717, 1.165) is 32.1 Å². The fourth-order valence-corrected chi connectivity index (χ4v) is 2.26. The van der Waals surface area contributed by atoms with Gasteiger partial charge >= 0.3 is 0 Å². The van der Waals surface area contributed by atoms with Crippen LogP contribution in [0.5, 0.6) is 5.75 Å². The standard InChI is InChI=1S/C12H16N2O2/c15-9-14(10-5-2-1-3-6-10)12-11(16)7-4-8-13-12/h4,7-10,16H,1-3,5-6H2. The van der Waals surface area contributed by atoms with Gasteiger partial charge in [-0.15, -0.1) is 0 Å². The SMILES string of the molecule is O=CN(c1ncccc1O)C1CCCCC1. The number of hydrogen-bond acceptors (Lipinski definition) is 3. The maximum absolute atomic E-state index is 11.1. The minimum atomic E-state index is 0.0696. The van der Waals surface area contributed by atoms with Gasteiger partial charge in [-0.1, -0.05) is 19.3 Å². The van der Waals surface area contributed by atoms with Crippen LogP contribution in [-0.2, 0) is 4.79 Å². The number of aromatic nitrogens is 1. The van der Waals surface area contributed by atoms with Gasteiger partial charge in [-0.05, 0) is 25.0 Å². The molecule has 0 aliphatic heterocycles. The number of carbonyl (C=O) groups excluding carboxylic acids is 1. The highest BCUT2D eigenvalue weighted by Crippen LogP contribution is 2.29. The summed E-state index contributed by atoms with van der Waals surface area (Å²) in [6.45, 7) is 0. The molecule has 1 N–H and O–H groups in total. The highest BCUT2D eigenvalue weighted by Gasteiger charge is 2.23. The molecule has 1 aromatic rings. The second-order valence-electron chi connectivity index (χ2n) is 4.15. The summed E-state index contributed by atoms with van der Waals surface area (Å²) >= 11 is 0. The number of anilines is 1. The Bertz CT molecular complexity index is 362. The van der Waals surface area contributed by atoms with Crippen molar-refractivity contribution in [2.75, 3.05) is 4.90 Å². The Labute approximate surface area is 94.9 Å². The monoisotopic (exact) mass is 220 g/mol. The van der Waals surface area contributed by atoms with Gasteiger partial charge in [-0.25, -0.2) is 4.98 Å². The highest BCUT2D eigenvalue weighted by molar-refractivity contribution is 5.76. The van der Waals surface area contributed by atoms with Crippen molar-refractivity contribution in [2.45, 2.75) is 38.1 Å². The van der Waals surface area contributed by atoms with Crippen LogP contribution >= 0.6 is 0 Å². The topological polar surface area (TPSA) is 53.4 Å². The smallest absolute Gasteiger partial charge is 0.215 e. The Morgan fingerprint density at radius 2 is 2.12 bits per heavy atom. The predicted octanol–water partition coefficient (Wildman–Crippen LogP) is 2.08. The molecule has 0 atom stereocenters. The summed E-state index contributed by atoms with van der Waals surface area (Å²) in [5, 5.41) is 9.68. The zero-order valence-electron chi connectivity index (χ0n) is 9.17. The molecular weight excluding hydrogens is 204 g/mol. The molecule has 0 spiro atoms. The third kappa shape index (κ3) is 2.15. The van der Waals surface area contributed by atoms with E-state index in [4.69, 9.17) is 0 Å². The molecule has 2 rings (SSSR count). The Hall–Kier alpha value is -1.58. The molecule has 1 heterocycles. The Balaban J connectivity index is 2.21. The van der Waals surface area contributed by atoms with E-state index >= 15 is 0 Å². The maximum Gasteiger partial charge on any atom is 0.215 e. The molecule has 16 heavy (non-hydrogen) atoms. The molecule has 0 saturated heterocycles. The molecule has 1 amide bonds. The number of amides is 1. The van der Waals surface area contributed by atoms with E-state index in [1.165, 1.54) is 6.42 Å². The van der Waals surface area contributed by atoms with Crippen LogP contribution < -0.4 is 4.90 Å². The van der Waals surface area contributed by atoms with Gasteiger partial charge in [-0.2, -0.15) is 0 Å². The van der Waals surface area contributed by atoms with Crippen LogP contribution in [0.15, 0.2) is 18.3 Å². The summed E-state index contributed by atoms with van der Waals surface area (Å²) in [6, 6.07) is 3.40. The fraction of sp³-hybridized carbons (Fsp3) is 0.500. The van der Waals surface area contributed by atoms with Gasteiger partial charge in [0.2, 0.25) is 6.41 Å². The second kappa shape index (κ2) is 4.96. The van der Waals surface area contributed by atoms with Gasteiger partial charge in [0.25, 0.3) is 0 Å². The highest BCUT2D eigenvalue weighted by atomic mass is 16.3. The van der Waals surface area contributed by atoms with Crippen molar-refractivity contribution in [1.82, 2.24) is 4.98 Å². The van der Waals surface area contributed by atoms with E-state index in [0.29, 0.717) is 5.82 Å². The first kappa shape index (κ1) is 10.9. The van der Waals surface area contributed by atoms with Gasteiger partial charge in [0.05, 0.1) is 0 Å². The minimum Gasteiger partial charge on any atom is -0.504 e.